The Morgan fingerprint density at radius 1 is 1.17 bits per heavy atom. The van der Waals surface area contributed by atoms with Crippen molar-refractivity contribution in [2.24, 2.45) is 5.10 Å². The molecular weight excluding hydrogens is 330 g/mol. The van der Waals surface area contributed by atoms with Gasteiger partial charge < -0.3 is 4.74 Å². The van der Waals surface area contributed by atoms with Crippen LogP contribution in [-0.2, 0) is 0 Å². The number of nitrogens with zero attached hydrogens (tertiary/aromatic N) is 2. The van der Waals surface area contributed by atoms with Crippen LogP contribution in [0, 0.1) is 0 Å². The number of anilines is 1. The summed E-state index contributed by atoms with van der Waals surface area (Å²) in [6, 6.07) is 15.3. The van der Waals surface area contributed by atoms with Gasteiger partial charge in [0.05, 0.1) is 19.0 Å². The van der Waals surface area contributed by atoms with E-state index < -0.39 is 0 Å². The van der Waals surface area contributed by atoms with E-state index in [2.05, 4.69) is 15.5 Å². The second-order valence-electron chi connectivity index (χ2n) is 4.66. The SMILES string of the molecule is COc1ccccc1/C=N\Nc1nc(-c2ccc(Cl)cc2)cs1. The third-order valence-electron chi connectivity index (χ3n) is 3.15. The fraction of sp³-hybridized carbons (Fsp3) is 0.0588. The van der Waals surface area contributed by atoms with E-state index >= 15 is 0 Å². The van der Waals surface area contributed by atoms with E-state index in [0.717, 1.165) is 27.7 Å². The highest BCUT2D eigenvalue weighted by molar-refractivity contribution is 7.14. The molecule has 6 heteroatoms. The van der Waals surface area contributed by atoms with E-state index in [-0.39, 0.29) is 0 Å². The van der Waals surface area contributed by atoms with E-state index in [0.29, 0.717) is 5.02 Å². The Morgan fingerprint density at radius 2 is 1.96 bits per heavy atom. The van der Waals surface area contributed by atoms with Crippen molar-refractivity contribution in [3.05, 3.63) is 64.5 Å². The Kier molecular flexibility index (Phi) is 4.90. The molecule has 0 amide bonds. The van der Waals surface area contributed by atoms with Gasteiger partial charge in [-0.15, -0.1) is 11.3 Å². The molecule has 0 atom stereocenters. The third-order valence-corrected chi connectivity index (χ3v) is 4.15. The van der Waals surface area contributed by atoms with Crippen molar-refractivity contribution in [3.63, 3.8) is 0 Å². The molecule has 23 heavy (non-hydrogen) atoms. The van der Waals surface area contributed by atoms with Crippen LogP contribution in [0.2, 0.25) is 5.02 Å². The third kappa shape index (κ3) is 3.88. The second kappa shape index (κ2) is 7.26. The van der Waals surface area contributed by atoms with Crippen molar-refractivity contribution in [1.82, 2.24) is 4.98 Å². The van der Waals surface area contributed by atoms with Gasteiger partial charge in [0, 0.05) is 21.5 Å². The zero-order chi connectivity index (χ0) is 16.1. The smallest absolute Gasteiger partial charge is 0.203 e. The van der Waals surface area contributed by atoms with Gasteiger partial charge in [-0.3, -0.25) is 5.43 Å². The molecule has 4 nitrogen and oxygen atoms in total. The van der Waals surface area contributed by atoms with Crippen LogP contribution in [0.3, 0.4) is 0 Å². The van der Waals surface area contributed by atoms with Gasteiger partial charge in [0.1, 0.15) is 5.75 Å². The number of ether oxygens (including phenoxy) is 1. The number of thiazole rings is 1. The van der Waals surface area contributed by atoms with Gasteiger partial charge in [0.25, 0.3) is 0 Å². The fourth-order valence-corrected chi connectivity index (χ4v) is 2.80. The number of nitrogens with one attached hydrogen (secondary N) is 1. The molecule has 0 saturated carbocycles. The lowest BCUT2D eigenvalue weighted by Gasteiger charge is -2.02. The van der Waals surface area contributed by atoms with Crippen LogP contribution in [0.25, 0.3) is 11.3 Å². The summed E-state index contributed by atoms with van der Waals surface area (Å²) < 4.78 is 5.28. The lowest BCUT2D eigenvalue weighted by Crippen LogP contribution is -1.93. The standard InChI is InChI=1S/C17H14ClN3OS/c1-22-16-5-3-2-4-13(16)10-19-21-17-20-15(11-23-17)12-6-8-14(18)9-7-12/h2-11H,1H3,(H,20,21)/b19-10-. The van der Waals surface area contributed by atoms with Gasteiger partial charge >= 0.3 is 0 Å². The van der Waals surface area contributed by atoms with Crippen LogP contribution >= 0.6 is 22.9 Å². The molecule has 0 radical (unpaired) electrons. The quantitative estimate of drug-likeness (QED) is 0.528. The number of halogens is 1. The van der Waals surface area contributed by atoms with Crippen LogP contribution < -0.4 is 10.2 Å². The lowest BCUT2D eigenvalue weighted by atomic mass is 10.2. The molecule has 116 valence electrons. The summed E-state index contributed by atoms with van der Waals surface area (Å²) in [7, 11) is 1.64. The molecule has 0 fully saturated rings. The topological polar surface area (TPSA) is 46.5 Å². The first-order chi connectivity index (χ1) is 11.3. The molecule has 0 spiro atoms. The number of hydrogen-bond acceptors (Lipinski definition) is 5. The van der Waals surface area contributed by atoms with Crippen LogP contribution in [0.5, 0.6) is 5.75 Å². The molecule has 0 unspecified atom stereocenters. The second-order valence-corrected chi connectivity index (χ2v) is 5.95. The molecule has 2 aromatic carbocycles. The summed E-state index contributed by atoms with van der Waals surface area (Å²) >= 11 is 7.39. The molecular formula is C17H14ClN3OS. The predicted molar refractivity (Wildman–Crippen MR) is 96.8 cm³/mol. The zero-order valence-corrected chi connectivity index (χ0v) is 13.9. The van der Waals surface area contributed by atoms with E-state index in [1.807, 2.05) is 53.9 Å². The number of methoxy groups -OCH3 is 1. The minimum atomic E-state index is 0.712. The van der Waals surface area contributed by atoms with Gasteiger partial charge in [0.2, 0.25) is 5.13 Å². The predicted octanol–water partition coefficient (Wildman–Crippen LogP) is 4.92. The van der Waals surface area contributed by atoms with Crippen molar-refractivity contribution in [2.45, 2.75) is 0 Å². The molecule has 0 aliphatic carbocycles. The van der Waals surface area contributed by atoms with E-state index in [1.165, 1.54) is 11.3 Å². The number of para-hydroxylation sites is 1. The molecule has 3 rings (SSSR count). The number of rotatable bonds is 5. The molecule has 3 aromatic rings. The van der Waals surface area contributed by atoms with Gasteiger partial charge in [0.15, 0.2) is 0 Å². The Bertz CT molecular complexity index is 815. The molecule has 1 heterocycles. The highest BCUT2D eigenvalue weighted by Crippen LogP contribution is 2.26. The van der Waals surface area contributed by atoms with Gasteiger partial charge in [-0.2, -0.15) is 5.10 Å². The van der Waals surface area contributed by atoms with Crippen molar-refractivity contribution in [2.75, 3.05) is 12.5 Å². The Labute approximate surface area is 143 Å². The maximum Gasteiger partial charge on any atom is 0.203 e. The molecule has 0 aliphatic rings. The first-order valence-corrected chi connectivity index (χ1v) is 8.15. The molecule has 1 N–H and O–H groups in total. The first kappa shape index (κ1) is 15.5. The minimum absolute atomic E-state index is 0.712. The summed E-state index contributed by atoms with van der Waals surface area (Å²) in [6.45, 7) is 0. The van der Waals surface area contributed by atoms with Gasteiger partial charge in [-0.05, 0) is 24.3 Å². The molecule has 0 bridgehead atoms. The Morgan fingerprint density at radius 3 is 2.74 bits per heavy atom. The van der Waals surface area contributed by atoms with Crippen molar-refractivity contribution >= 4 is 34.3 Å². The number of hydrogen-bond donors (Lipinski definition) is 1. The minimum Gasteiger partial charge on any atom is -0.496 e. The van der Waals surface area contributed by atoms with E-state index in [4.69, 9.17) is 16.3 Å². The van der Waals surface area contributed by atoms with E-state index in [1.54, 1.807) is 13.3 Å². The van der Waals surface area contributed by atoms with Crippen LogP contribution in [0.4, 0.5) is 5.13 Å². The van der Waals surface area contributed by atoms with Crippen LogP contribution in [0.15, 0.2) is 59.0 Å². The average molecular weight is 344 g/mol. The largest absolute Gasteiger partial charge is 0.496 e. The number of hydrazone groups is 1. The maximum atomic E-state index is 5.90. The zero-order valence-electron chi connectivity index (χ0n) is 12.4. The summed E-state index contributed by atoms with van der Waals surface area (Å²) in [4.78, 5) is 4.50. The highest BCUT2D eigenvalue weighted by atomic mass is 35.5. The van der Waals surface area contributed by atoms with Gasteiger partial charge in [-0.25, -0.2) is 4.98 Å². The van der Waals surface area contributed by atoms with Crippen LogP contribution in [-0.4, -0.2) is 18.3 Å². The number of aromatic nitrogens is 1. The van der Waals surface area contributed by atoms with Crippen molar-refractivity contribution in [1.29, 1.82) is 0 Å². The average Bonchev–Trinajstić information content (AvgIpc) is 3.05. The summed E-state index contributed by atoms with van der Waals surface area (Å²) in [5.41, 5.74) is 5.75. The fourth-order valence-electron chi connectivity index (χ4n) is 2.01. The maximum absolute atomic E-state index is 5.90. The monoisotopic (exact) mass is 343 g/mol. The van der Waals surface area contributed by atoms with Crippen LogP contribution in [0.1, 0.15) is 5.56 Å². The normalized spacial score (nSPS) is 10.9. The summed E-state index contributed by atoms with van der Waals surface area (Å²) in [5.74, 6) is 0.777. The first-order valence-electron chi connectivity index (χ1n) is 6.90. The Balaban J connectivity index is 1.70. The lowest BCUT2D eigenvalue weighted by molar-refractivity contribution is 0.414. The van der Waals surface area contributed by atoms with Gasteiger partial charge in [-0.1, -0.05) is 35.9 Å². The highest BCUT2D eigenvalue weighted by Gasteiger charge is 2.04. The van der Waals surface area contributed by atoms with Crippen molar-refractivity contribution in [3.8, 4) is 17.0 Å². The molecule has 0 saturated heterocycles. The summed E-state index contributed by atoms with van der Waals surface area (Å²) in [6.07, 6.45) is 1.71. The Hall–Kier alpha value is -2.37. The molecule has 1 aromatic heterocycles. The molecule has 0 aliphatic heterocycles. The van der Waals surface area contributed by atoms with Crippen molar-refractivity contribution < 1.29 is 4.74 Å². The summed E-state index contributed by atoms with van der Waals surface area (Å²) in [5, 5.41) is 7.62. The number of benzene rings is 2. The van der Waals surface area contributed by atoms with E-state index in [9.17, 15) is 0 Å².